The Balaban J connectivity index is 1.37. The van der Waals surface area contributed by atoms with E-state index in [2.05, 4.69) is 77.4 Å². The van der Waals surface area contributed by atoms with E-state index in [0.717, 1.165) is 43.9 Å². The van der Waals surface area contributed by atoms with Crippen LogP contribution >= 0.6 is 21.6 Å². The molecule has 1 N–H and O–H groups in total. The van der Waals surface area contributed by atoms with Crippen molar-refractivity contribution >= 4 is 33.3 Å². The van der Waals surface area contributed by atoms with Crippen LogP contribution in [0.25, 0.3) is 0 Å². The maximum absolute atomic E-state index is 12.0. The van der Waals surface area contributed by atoms with E-state index < -0.39 is 0 Å². The molecule has 174 valence electrons. The van der Waals surface area contributed by atoms with Crippen LogP contribution in [0.4, 0.5) is 0 Å². The van der Waals surface area contributed by atoms with Crippen molar-refractivity contribution in [2.45, 2.75) is 65.5 Å². The number of aryl methyl sites for hydroxylation is 4. The van der Waals surface area contributed by atoms with Gasteiger partial charge in [-0.15, -0.1) is 0 Å². The number of ketones is 1. The Morgan fingerprint density at radius 1 is 0.750 bits per heavy atom. The van der Waals surface area contributed by atoms with E-state index in [1.165, 1.54) is 11.1 Å². The number of amides is 1. The molecule has 32 heavy (non-hydrogen) atoms. The number of hydrogen-bond donors (Lipinski definition) is 1. The van der Waals surface area contributed by atoms with Crippen molar-refractivity contribution in [3.8, 4) is 0 Å². The van der Waals surface area contributed by atoms with E-state index in [0.29, 0.717) is 31.6 Å². The van der Waals surface area contributed by atoms with Gasteiger partial charge in [0.1, 0.15) is 18.9 Å². The molecule has 0 spiro atoms. The molecule has 0 aliphatic rings. The fourth-order valence-corrected chi connectivity index (χ4v) is 5.13. The lowest BCUT2D eigenvalue weighted by molar-refractivity contribution is -0.697. The molecule has 0 radical (unpaired) electrons. The predicted molar refractivity (Wildman–Crippen MR) is 133 cm³/mol. The minimum absolute atomic E-state index is 0.123. The van der Waals surface area contributed by atoms with Gasteiger partial charge in [-0.05, 0) is 31.4 Å². The Bertz CT molecular complexity index is 741. The number of rotatable bonds is 16. The van der Waals surface area contributed by atoms with Crippen LogP contribution in [0.2, 0.25) is 0 Å². The van der Waals surface area contributed by atoms with Gasteiger partial charge in [0, 0.05) is 74.4 Å². The van der Waals surface area contributed by atoms with Gasteiger partial charge in [-0.3, -0.25) is 9.59 Å². The highest BCUT2D eigenvalue weighted by atomic mass is 33.1. The highest BCUT2D eigenvalue weighted by Gasteiger charge is 2.06. The monoisotopic (exact) mass is 475 g/mol. The molecule has 7 heteroatoms. The number of carbonyl (C=O) groups excluding carboxylic acids is 2. The van der Waals surface area contributed by atoms with Gasteiger partial charge >= 0.3 is 0 Å². The molecule has 2 heterocycles. The van der Waals surface area contributed by atoms with Crippen molar-refractivity contribution in [3.63, 3.8) is 0 Å². The molecule has 0 fully saturated rings. The van der Waals surface area contributed by atoms with Crippen molar-refractivity contribution in [1.29, 1.82) is 0 Å². The van der Waals surface area contributed by atoms with Crippen LogP contribution < -0.4 is 14.5 Å². The summed E-state index contributed by atoms with van der Waals surface area (Å²) in [5.74, 6) is 2.35. The van der Waals surface area contributed by atoms with E-state index in [4.69, 9.17) is 0 Å². The SMILES string of the molecule is Cc1cc[n+](CCCC(=O)CCCSSCCNC(=O)CCC[n+]2ccc(C)cc2)cc1. The van der Waals surface area contributed by atoms with Gasteiger partial charge in [-0.1, -0.05) is 21.6 Å². The zero-order valence-electron chi connectivity index (χ0n) is 19.4. The Morgan fingerprint density at radius 2 is 1.25 bits per heavy atom. The Hall–Kier alpha value is -1.86. The van der Waals surface area contributed by atoms with Crippen LogP contribution in [-0.4, -0.2) is 29.7 Å². The van der Waals surface area contributed by atoms with E-state index in [1.54, 1.807) is 21.6 Å². The maximum atomic E-state index is 12.0. The van der Waals surface area contributed by atoms with Crippen molar-refractivity contribution in [2.24, 2.45) is 0 Å². The lowest BCUT2D eigenvalue weighted by Crippen LogP contribution is -2.34. The fourth-order valence-electron chi connectivity index (χ4n) is 3.13. The first-order chi connectivity index (χ1) is 15.5. The largest absolute Gasteiger partial charge is 0.355 e. The van der Waals surface area contributed by atoms with Crippen LogP contribution in [0.3, 0.4) is 0 Å². The molecule has 5 nitrogen and oxygen atoms in total. The van der Waals surface area contributed by atoms with Gasteiger partial charge in [0.15, 0.2) is 24.8 Å². The number of Topliss-reactive ketones (excluding diaryl/α,β-unsaturated/α-hetero) is 1. The summed E-state index contributed by atoms with van der Waals surface area (Å²) in [5.41, 5.74) is 2.50. The number of hydrogen-bond acceptors (Lipinski definition) is 4. The topological polar surface area (TPSA) is 53.9 Å². The standard InChI is InChI=1S/C25H36N3O2S2/c1-22-9-16-27(17-10-22)14-3-6-24(29)7-5-20-31-32-21-13-26-25(30)8-4-15-28-18-11-23(2)12-19-28/h9-12,16-19H,3-8,13-15,20-21H2,1-2H3/q+1/p+1. The van der Waals surface area contributed by atoms with Crippen LogP contribution in [0.1, 0.15) is 49.7 Å². The van der Waals surface area contributed by atoms with Gasteiger partial charge in [0.2, 0.25) is 5.91 Å². The molecular weight excluding hydrogens is 438 g/mol. The number of nitrogens with zero attached hydrogens (tertiary/aromatic N) is 2. The Kier molecular flexibility index (Phi) is 13.1. The number of aromatic nitrogens is 2. The first-order valence-corrected chi connectivity index (χ1v) is 14.0. The smallest absolute Gasteiger partial charge is 0.220 e. The molecule has 2 aromatic heterocycles. The van der Waals surface area contributed by atoms with Gasteiger partial charge in [-0.2, -0.15) is 0 Å². The molecule has 2 aromatic rings. The molecule has 0 saturated carbocycles. The second kappa shape index (κ2) is 15.9. The summed E-state index contributed by atoms with van der Waals surface area (Å²) in [5, 5.41) is 2.99. The van der Waals surface area contributed by atoms with Gasteiger partial charge in [0.25, 0.3) is 0 Å². The molecule has 0 aliphatic carbocycles. The fraction of sp³-hybridized carbons (Fsp3) is 0.520. The quantitative estimate of drug-likeness (QED) is 0.227. The normalized spacial score (nSPS) is 10.8. The van der Waals surface area contributed by atoms with Crippen LogP contribution in [0.5, 0.6) is 0 Å². The molecular formula is C25H37N3O2S2+2. The summed E-state index contributed by atoms with van der Waals surface area (Å²) in [4.78, 5) is 23.9. The molecule has 0 aromatic carbocycles. The van der Waals surface area contributed by atoms with Crippen molar-refractivity contribution in [1.82, 2.24) is 5.32 Å². The second-order valence-corrected chi connectivity index (χ2v) is 10.8. The third-order valence-corrected chi connectivity index (χ3v) is 7.57. The lowest BCUT2D eigenvalue weighted by atomic mass is 10.1. The zero-order chi connectivity index (χ0) is 23.0. The second-order valence-electron chi connectivity index (χ2n) is 8.07. The molecule has 0 unspecified atom stereocenters. The summed E-state index contributed by atoms with van der Waals surface area (Å²) < 4.78 is 4.25. The summed E-state index contributed by atoms with van der Waals surface area (Å²) in [7, 11) is 3.56. The molecule has 0 bridgehead atoms. The average Bonchev–Trinajstić information content (AvgIpc) is 2.78. The van der Waals surface area contributed by atoms with E-state index in [1.807, 2.05) is 0 Å². The summed E-state index contributed by atoms with van der Waals surface area (Å²) in [6.45, 7) is 6.61. The van der Waals surface area contributed by atoms with Gasteiger partial charge < -0.3 is 5.32 Å². The lowest BCUT2D eigenvalue weighted by Gasteiger charge is -2.04. The highest BCUT2D eigenvalue weighted by Crippen LogP contribution is 2.22. The maximum Gasteiger partial charge on any atom is 0.220 e. The van der Waals surface area contributed by atoms with Crippen LogP contribution in [-0.2, 0) is 22.7 Å². The van der Waals surface area contributed by atoms with Crippen molar-refractivity contribution < 1.29 is 18.7 Å². The van der Waals surface area contributed by atoms with Gasteiger partial charge in [-0.25, -0.2) is 9.13 Å². The summed E-state index contributed by atoms with van der Waals surface area (Å²) >= 11 is 0. The molecule has 0 atom stereocenters. The van der Waals surface area contributed by atoms with Crippen molar-refractivity contribution in [3.05, 3.63) is 60.2 Å². The first-order valence-electron chi connectivity index (χ1n) is 11.5. The molecule has 0 aliphatic heterocycles. The van der Waals surface area contributed by atoms with Crippen LogP contribution in [0.15, 0.2) is 49.1 Å². The zero-order valence-corrected chi connectivity index (χ0v) is 21.1. The molecule has 1 amide bonds. The third-order valence-electron chi connectivity index (χ3n) is 5.08. The van der Waals surface area contributed by atoms with E-state index in [9.17, 15) is 9.59 Å². The summed E-state index contributed by atoms with van der Waals surface area (Å²) in [6.07, 6.45) is 12.8. The number of nitrogens with one attached hydrogen (secondary N) is 1. The number of pyridine rings is 2. The van der Waals surface area contributed by atoms with E-state index >= 15 is 0 Å². The molecule has 0 saturated heterocycles. The molecule has 2 rings (SSSR count). The Morgan fingerprint density at radius 3 is 1.84 bits per heavy atom. The third kappa shape index (κ3) is 12.2. The average molecular weight is 476 g/mol. The Labute approximate surface area is 200 Å². The minimum atomic E-state index is 0.123. The first kappa shape index (κ1) is 26.4. The van der Waals surface area contributed by atoms with Gasteiger partial charge in [0.05, 0.1) is 0 Å². The van der Waals surface area contributed by atoms with Crippen LogP contribution in [0, 0.1) is 13.8 Å². The predicted octanol–water partition coefficient (Wildman–Crippen LogP) is 3.99. The number of carbonyl (C=O) groups is 2. The minimum Gasteiger partial charge on any atom is -0.355 e. The summed E-state index contributed by atoms with van der Waals surface area (Å²) in [6, 6.07) is 8.34. The highest BCUT2D eigenvalue weighted by molar-refractivity contribution is 8.76. The van der Waals surface area contributed by atoms with E-state index in [-0.39, 0.29) is 5.91 Å². The van der Waals surface area contributed by atoms with Crippen molar-refractivity contribution in [2.75, 3.05) is 18.1 Å².